The molecule has 182 valence electrons. The summed E-state index contributed by atoms with van der Waals surface area (Å²) in [5.74, 6) is 2.44. The van der Waals surface area contributed by atoms with Gasteiger partial charge in [0.2, 0.25) is 5.91 Å². The number of nitrogens with one attached hydrogen (secondary N) is 1. The molecule has 0 bridgehead atoms. The number of ether oxygens (including phenoxy) is 2. The number of rotatable bonds is 7. The minimum atomic E-state index is -0.275. The van der Waals surface area contributed by atoms with Crippen LogP contribution in [0.2, 0.25) is 0 Å². The molecule has 9 heteroatoms. The number of benzene rings is 1. The first-order chi connectivity index (χ1) is 16.4. The molecule has 1 aromatic heterocycles. The molecule has 2 aliphatic rings. The molecule has 2 heterocycles. The van der Waals surface area contributed by atoms with Crippen molar-refractivity contribution in [3.05, 3.63) is 41.7 Å². The standard InChI is InChI=1S/C25H33N5O4/c1-15-9-16(2)14-30(13-15)23(32)12-20(24-21(31)10-19(33-3)11-22(24)34-4)17-5-7-18(8-6-17)25-26-28-29-27-25/h5,7-8,10-11,15-17,20,31H,6,9,12-14H2,1-4H3,(H,26,27,28,29). The lowest BCUT2D eigenvalue weighted by Gasteiger charge is -2.37. The number of piperidine rings is 1. The number of carbonyl (C=O) groups excluding carboxylic acids is 1. The van der Waals surface area contributed by atoms with E-state index in [9.17, 15) is 9.90 Å². The summed E-state index contributed by atoms with van der Waals surface area (Å²) in [5.41, 5.74) is 1.53. The lowest BCUT2D eigenvalue weighted by molar-refractivity contribution is -0.134. The third-order valence-corrected chi connectivity index (χ3v) is 6.80. The molecule has 0 saturated carbocycles. The van der Waals surface area contributed by atoms with Gasteiger partial charge in [-0.2, -0.15) is 0 Å². The second-order valence-corrected chi connectivity index (χ2v) is 9.49. The van der Waals surface area contributed by atoms with Crippen LogP contribution in [0.3, 0.4) is 0 Å². The van der Waals surface area contributed by atoms with Gasteiger partial charge in [-0.05, 0) is 41.0 Å². The Morgan fingerprint density at radius 2 is 2.00 bits per heavy atom. The number of amides is 1. The highest BCUT2D eigenvalue weighted by atomic mass is 16.5. The number of tetrazole rings is 1. The molecule has 0 spiro atoms. The van der Waals surface area contributed by atoms with Gasteiger partial charge in [0.15, 0.2) is 5.82 Å². The van der Waals surface area contributed by atoms with Crippen LogP contribution in [-0.2, 0) is 4.79 Å². The highest BCUT2D eigenvalue weighted by Gasteiger charge is 2.34. The van der Waals surface area contributed by atoms with E-state index in [1.165, 1.54) is 0 Å². The van der Waals surface area contributed by atoms with Crippen LogP contribution in [0.4, 0.5) is 0 Å². The largest absolute Gasteiger partial charge is 0.507 e. The number of phenolic OH excluding ortho intramolecular Hbond substituents is 1. The van der Waals surface area contributed by atoms with E-state index in [1.807, 2.05) is 11.0 Å². The van der Waals surface area contributed by atoms with Gasteiger partial charge >= 0.3 is 0 Å². The van der Waals surface area contributed by atoms with Gasteiger partial charge in [-0.25, -0.2) is 5.10 Å². The molecule has 34 heavy (non-hydrogen) atoms. The third-order valence-electron chi connectivity index (χ3n) is 6.80. The lowest BCUT2D eigenvalue weighted by Crippen LogP contribution is -2.43. The number of hydrogen-bond acceptors (Lipinski definition) is 7. The first-order valence-corrected chi connectivity index (χ1v) is 11.7. The molecular formula is C25H33N5O4. The van der Waals surface area contributed by atoms with E-state index < -0.39 is 0 Å². The average molecular weight is 468 g/mol. The molecule has 2 aromatic rings. The predicted molar refractivity (Wildman–Crippen MR) is 127 cm³/mol. The Hall–Kier alpha value is -3.36. The maximum Gasteiger partial charge on any atom is 0.223 e. The summed E-state index contributed by atoms with van der Waals surface area (Å²) in [7, 11) is 3.11. The van der Waals surface area contributed by atoms with Gasteiger partial charge in [-0.3, -0.25) is 4.79 Å². The van der Waals surface area contributed by atoms with Crippen LogP contribution in [0.1, 0.15) is 50.4 Å². The van der Waals surface area contributed by atoms with Crippen molar-refractivity contribution in [3.8, 4) is 17.2 Å². The van der Waals surface area contributed by atoms with Crippen molar-refractivity contribution in [2.75, 3.05) is 27.3 Å². The number of hydrogen-bond donors (Lipinski definition) is 2. The highest BCUT2D eigenvalue weighted by Crippen LogP contribution is 2.46. The Labute approximate surface area is 199 Å². The van der Waals surface area contributed by atoms with E-state index in [1.54, 1.807) is 26.4 Å². The number of aromatic nitrogens is 4. The smallest absolute Gasteiger partial charge is 0.223 e. The minimum absolute atomic E-state index is 0.0172. The number of H-pyrrole nitrogens is 1. The number of methoxy groups -OCH3 is 2. The van der Waals surface area contributed by atoms with E-state index in [4.69, 9.17) is 9.47 Å². The van der Waals surface area contributed by atoms with Crippen molar-refractivity contribution in [2.24, 2.45) is 17.8 Å². The molecule has 1 aliphatic heterocycles. The van der Waals surface area contributed by atoms with Crippen molar-refractivity contribution in [3.63, 3.8) is 0 Å². The van der Waals surface area contributed by atoms with E-state index in [0.717, 1.165) is 25.1 Å². The van der Waals surface area contributed by atoms with Gasteiger partial charge in [0.1, 0.15) is 17.2 Å². The zero-order valence-electron chi connectivity index (χ0n) is 20.2. The second-order valence-electron chi connectivity index (χ2n) is 9.49. The van der Waals surface area contributed by atoms with Crippen LogP contribution in [0, 0.1) is 17.8 Å². The maximum absolute atomic E-state index is 13.5. The number of nitrogens with zero attached hydrogens (tertiary/aromatic N) is 4. The van der Waals surface area contributed by atoms with Crippen molar-refractivity contribution >= 4 is 11.5 Å². The first kappa shape index (κ1) is 23.8. The van der Waals surface area contributed by atoms with Gasteiger partial charge in [0, 0.05) is 48.7 Å². The number of aromatic amines is 1. The van der Waals surface area contributed by atoms with Crippen LogP contribution >= 0.6 is 0 Å². The quantitative estimate of drug-likeness (QED) is 0.640. The molecule has 1 fully saturated rings. The van der Waals surface area contributed by atoms with Crippen LogP contribution in [0.15, 0.2) is 30.4 Å². The van der Waals surface area contributed by atoms with Crippen molar-refractivity contribution < 1.29 is 19.4 Å². The van der Waals surface area contributed by atoms with Gasteiger partial charge in [-0.1, -0.05) is 32.1 Å². The summed E-state index contributed by atoms with van der Waals surface area (Å²) >= 11 is 0. The summed E-state index contributed by atoms with van der Waals surface area (Å²) < 4.78 is 11.0. The van der Waals surface area contributed by atoms with Crippen LogP contribution in [0.25, 0.3) is 5.57 Å². The maximum atomic E-state index is 13.5. The Morgan fingerprint density at radius 3 is 2.59 bits per heavy atom. The van der Waals surface area contributed by atoms with Crippen LogP contribution in [-0.4, -0.2) is 63.8 Å². The molecule has 1 aromatic carbocycles. The second kappa shape index (κ2) is 10.3. The average Bonchev–Trinajstić information content (AvgIpc) is 3.37. The molecule has 9 nitrogen and oxygen atoms in total. The van der Waals surface area contributed by atoms with Crippen molar-refractivity contribution in [1.82, 2.24) is 25.5 Å². The third kappa shape index (κ3) is 5.08. The molecule has 4 rings (SSSR count). The predicted octanol–water partition coefficient (Wildman–Crippen LogP) is 3.56. The molecule has 4 unspecified atom stereocenters. The number of phenols is 1. The van der Waals surface area contributed by atoms with Gasteiger partial charge in [-0.15, -0.1) is 5.10 Å². The molecule has 0 radical (unpaired) electrons. The van der Waals surface area contributed by atoms with E-state index >= 15 is 0 Å². The van der Waals surface area contributed by atoms with Crippen molar-refractivity contribution in [1.29, 1.82) is 0 Å². The van der Waals surface area contributed by atoms with E-state index in [-0.39, 0.29) is 29.9 Å². The van der Waals surface area contributed by atoms with E-state index in [0.29, 0.717) is 41.1 Å². The minimum Gasteiger partial charge on any atom is -0.507 e. The van der Waals surface area contributed by atoms with Crippen LogP contribution < -0.4 is 9.47 Å². The number of likely N-dealkylation sites (tertiary alicyclic amines) is 1. The van der Waals surface area contributed by atoms with Gasteiger partial charge in [0.25, 0.3) is 0 Å². The summed E-state index contributed by atoms with van der Waals surface area (Å²) in [4.78, 5) is 15.5. The van der Waals surface area contributed by atoms with Crippen molar-refractivity contribution in [2.45, 2.75) is 39.0 Å². The van der Waals surface area contributed by atoms with Gasteiger partial charge < -0.3 is 19.5 Å². The fourth-order valence-electron chi connectivity index (χ4n) is 5.29. The SMILES string of the molecule is COc1cc(O)c(C(CC(=O)N2CC(C)CC(C)C2)C2C=CC(c3nnn[nH]3)=CC2)c(OC)c1. The topological polar surface area (TPSA) is 113 Å². The number of aromatic hydroxyl groups is 1. The molecule has 4 atom stereocenters. The fourth-order valence-corrected chi connectivity index (χ4v) is 5.29. The Balaban J connectivity index is 1.65. The number of carbonyl (C=O) groups is 1. The molecule has 1 saturated heterocycles. The summed E-state index contributed by atoms with van der Waals surface area (Å²) in [6, 6.07) is 3.33. The summed E-state index contributed by atoms with van der Waals surface area (Å²) in [5, 5.41) is 25.0. The lowest BCUT2D eigenvalue weighted by atomic mass is 9.77. The normalized spacial score (nSPS) is 23.4. The summed E-state index contributed by atoms with van der Waals surface area (Å²) in [6.45, 7) is 5.93. The highest BCUT2D eigenvalue weighted by molar-refractivity contribution is 5.78. The molecule has 1 aliphatic carbocycles. The number of allylic oxidation sites excluding steroid dienone is 4. The van der Waals surface area contributed by atoms with Crippen LogP contribution in [0.5, 0.6) is 17.2 Å². The Morgan fingerprint density at radius 1 is 1.24 bits per heavy atom. The Kier molecular flexibility index (Phi) is 7.19. The zero-order chi connectivity index (χ0) is 24.2. The summed E-state index contributed by atoms with van der Waals surface area (Å²) in [6.07, 6.45) is 8.17. The zero-order valence-corrected chi connectivity index (χ0v) is 20.2. The first-order valence-electron chi connectivity index (χ1n) is 11.7. The fraction of sp³-hybridized carbons (Fsp3) is 0.520. The van der Waals surface area contributed by atoms with E-state index in [2.05, 4.69) is 46.6 Å². The molecule has 1 amide bonds. The Bertz CT molecular complexity index is 1060. The molecule has 2 N–H and O–H groups in total. The molecular weight excluding hydrogens is 434 g/mol. The van der Waals surface area contributed by atoms with Gasteiger partial charge in [0.05, 0.1) is 14.2 Å². The monoisotopic (exact) mass is 467 g/mol.